The predicted octanol–water partition coefficient (Wildman–Crippen LogP) is 2.26. The maximum Gasteiger partial charge on any atom is 0.301 e. The van der Waals surface area contributed by atoms with Crippen LogP contribution < -0.4 is 15.4 Å². The minimum atomic E-state index is -4.80. The molecular formula is C20H26N4O8S4. The van der Waals surface area contributed by atoms with Crippen molar-refractivity contribution in [3.63, 3.8) is 0 Å². The van der Waals surface area contributed by atoms with Gasteiger partial charge in [-0.3, -0.25) is 13.8 Å². The van der Waals surface area contributed by atoms with Crippen LogP contribution in [0.2, 0.25) is 0 Å². The molecule has 2 rings (SSSR count). The van der Waals surface area contributed by atoms with Crippen molar-refractivity contribution in [2.45, 2.75) is 29.7 Å². The molecule has 198 valence electrons. The van der Waals surface area contributed by atoms with Gasteiger partial charge < -0.3 is 10.6 Å². The molecule has 0 aliphatic heterocycles. The van der Waals surface area contributed by atoms with Crippen LogP contribution in [-0.2, 0) is 30.4 Å². The van der Waals surface area contributed by atoms with Crippen molar-refractivity contribution >= 4 is 71.3 Å². The van der Waals surface area contributed by atoms with E-state index in [9.17, 15) is 34.4 Å². The minimum Gasteiger partial charge on any atom is -0.360 e. The van der Waals surface area contributed by atoms with Crippen LogP contribution in [-0.4, -0.2) is 63.9 Å². The highest BCUT2D eigenvalue weighted by atomic mass is 32.2. The Morgan fingerprint density at radius 1 is 0.861 bits per heavy atom. The van der Waals surface area contributed by atoms with Gasteiger partial charge in [0, 0.05) is 25.8 Å². The summed E-state index contributed by atoms with van der Waals surface area (Å²) >= 11 is 5.13. The van der Waals surface area contributed by atoms with Gasteiger partial charge in [0.1, 0.15) is 9.79 Å². The Morgan fingerprint density at radius 2 is 1.31 bits per heavy atom. The molecule has 0 fully saturated rings. The fraction of sp³-hybridized carbons (Fsp3) is 0.250. The number of thiocarbonyl (C=S) groups is 1. The Morgan fingerprint density at radius 3 is 1.72 bits per heavy atom. The smallest absolute Gasteiger partial charge is 0.301 e. The van der Waals surface area contributed by atoms with Gasteiger partial charge in [-0.25, -0.2) is 0 Å². The maximum absolute atomic E-state index is 12.0. The van der Waals surface area contributed by atoms with E-state index in [1.54, 1.807) is 0 Å². The van der Waals surface area contributed by atoms with Crippen molar-refractivity contribution in [2.75, 3.05) is 24.1 Å². The first-order valence-corrected chi connectivity index (χ1v) is 14.8. The molecule has 0 amide bonds. The number of hydrogen-bond donors (Lipinski definition) is 5. The van der Waals surface area contributed by atoms with E-state index in [4.69, 9.17) is 12.2 Å². The minimum absolute atomic E-state index is 0.00413. The molecule has 36 heavy (non-hydrogen) atoms. The second-order valence-electron chi connectivity index (χ2n) is 7.93. The van der Waals surface area contributed by atoms with Gasteiger partial charge in [-0.1, -0.05) is 24.3 Å². The number of nitrogens with one attached hydrogen (secondary N) is 3. The van der Waals surface area contributed by atoms with E-state index in [1.165, 1.54) is 50.5 Å². The van der Waals surface area contributed by atoms with Gasteiger partial charge in [0.05, 0.1) is 5.69 Å². The molecule has 0 saturated carbocycles. The molecule has 12 nitrogen and oxygen atoms in total. The van der Waals surface area contributed by atoms with Gasteiger partial charge in [0.2, 0.25) is 0 Å². The molecule has 0 aliphatic rings. The van der Waals surface area contributed by atoms with Crippen molar-refractivity contribution < 1.29 is 34.4 Å². The van der Waals surface area contributed by atoms with Crippen LogP contribution in [0.15, 0.2) is 46.2 Å². The summed E-state index contributed by atoms with van der Waals surface area (Å²) in [6.07, 6.45) is 2.40. The second-order valence-corrected chi connectivity index (χ2v) is 13.0. The average Bonchev–Trinajstić information content (AvgIpc) is 2.71. The number of anilines is 2. The summed E-state index contributed by atoms with van der Waals surface area (Å²) in [6, 6.07) is 7.40. The molecule has 0 spiro atoms. The number of rotatable bonds is 9. The monoisotopic (exact) mass is 578 g/mol. The third-order valence-electron chi connectivity index (χ3n) is 4.43. The molecule has 16 heteroatoms. The standard InChI is InChI=1S/C20H26N4O8S4/c1-13(2)21-20(33)22-16-9-7-14(18(11-16)34(25,26)27)5-6-15-8-10-17(12-19(15)35(28,29)30)23-36(31,32)24(3)4/h5-13,23H,1-4H3,(H2,21,22,33)(H,25,26,27)(H,28,29,30)/b6-5+. The Balaban J connectivity index is 2.50. The predicted molar refractivity (Wildman–Crippen MR) is 142 cm³/mol. The van der Waals surface area contributed by atoms with Gasteiger partial charge in [-0.2, -0.15) is 29.6 Å². The highest BCUT2D eigenvalue weighted by Gasteiger charge is 2.19. The topological polar surface area (TPSA) is 182 Å². The molecule has 0 heterocycles. The molecule has 0 bridgehead atoms. The van der Waals surface area contributed by atoms with Gasteiger partial charge in [0.25, 0.3) is 20.2 Å². The lowest BCUT2D eigenvalue weighted by Gasteiger charge is -2.15. The van der Waals surface area contributed by atoms with Crippen molar-refractivity contribution in [3.05, 3.63) is 47.5 Å². The lowest BCUT2D eigenvalue weighted by atomic mass is 10.1. The number of nitrogens with zero attached hydrogens (tertiary/aromatic N) is 1. The zero-order valence-corrected chi connectivity index (χ0v) is 22.9. The van der Waals surface area contributed by atoms with Crippen LogP contribution in [0.4, 0.5) is 11.4 Å². The number of hydrogen-bond acceptors (Lipinski definition) is 7. The molecule has 0 aromatic heterocycles. The van der Waals surface area contributed by atoms with E-state index < -0.39 is 40.2 Å². The molecule has 0 radical (unpaired) electrons. The molecule has 0 saturated heterocycles. The largest absolute Gasteiger partial charge is 0.360 e. The highest BCUT2D eigenvalue weighted by Crippen LogP contribution is 2.26. The van der Waals surface area contributed by atoms with E-state index in [1.807, 2.05) is 13.8 Å². The van der Waals surface area contributed by atoms with Crippen molar-refractivity contribution in [2.24, 2.45) is 0 Å². The summed E-state index contributed by atoms with van der Waals surface area (Å²) in [5, 5.41) is 5.96. The quantitative estimate of drug-likeness (QED) is 0.167. The molecule has 0 unspecified atom stereocenters. The third-order valence-corrected chi connectivity index (χ3v) is 7.92. The third kappa shape index (κ3) is 8.22. The Kier molecular flexibility index (Phi) is 9.22. The average molecular weight is 579 g/mol. The Bertz CT molecular complexity index is 1500. The first-order valence-electron chi connectivity index (χ1n) is 10.1. The van der Waals surface area contributed by atoms with Crippen LogP contribution in [0.5, 0.6) is 0 Å². The molecular weight excluding hydrogens is 553 g/mol. The summed E-state index contributed by atoms with van der Waals surface area (Å²) in [7, 11) is -10.9. The first kappa shape index (κ1) is 29.6. The van der Waals surface area contributed by atoms with Gasteiger partial charge in [-0.05, 0) is 61.5 Å². The van der Waals surface area contributed by atoms with Gasteiger partial charge in [-0.15, -0.1) is 0 Å². The fourth-order valence-corrected chi connectivity index (χ4v) is 5.16. The molecule has 2 aromatic rings. The zero-order valence-electron chi connectivity index (χ0n) is 19.6. The van der Waals surface area contributed by atoms with E-state index >= 15 is 0 Å². The Labute approximate surface area is 216 Å². The van der Waals surface area contributed by atoms with Crippen LogP contribution in [0, 0.1) is 0 Å². The summed E-state index contributed by atoms with van der Waals surface area (Å²) in [6.45, 7) is 3.71. The van der Waals surface area contributed by atoms with Gasteiger partial charge in [0.15, 0.2) is 5.11 Å². The van der Waals surface area contributed by atoms with Crippen LogP contribution in [0.1, 0.15) is 25.0 Å². The molecule has 5 N–H and O–H groups in total. The van der Waals surface area contributed by atoms with Gasteiger partial charge >= 0.3 is 10.2 Å². The fourth-order valence-electron chi connectivity index (χ4n) is 2.78. The van der Waals surface area contributed by atoms with Crippen molar-refractivity contribution in [3.8, 4) is 0 Å². The van der Waals surface area contributed by atoms with E-state index in [-0.39, 0.29) is 33.7 Å². The SMILES string of the molecule is CC(C)NC(=S)Nc1ccc(/C=C/c2ccc(NS(=O)(=O)N(C)C)cc2S(=O)(=O)O)c(S(=O)(=O)O)c1. The van der Waals surface area contributed by atoms with E-state index in [0.29, 0.717) is 0 Å². The zero-order chi connectivity index (χ0) is 27.5. The molecule has 2 aromatic carbocycles. The molecule has 0 atom stereocenters. The van der Waals surface area contributed by atoms with Crippen molar-refractivity contribution in [1.29, 1.82) is 0 Å². The van der Waals surface area contributed by atoms with E-state index in [0.717, 1.165) is 16.4 Å². The molecule has 0 aliphatic carbocycles. The van der Waals surface area contributed by atoms with Crippen LogP contribution in [0.3, 0.4) is 0 Å². The van der Waals surface area contributed by atoms with Crippen molar-refractivity contribution in [1.82, 2.24) is 9.62 Å². The normalized spacial score (nSPS) is 12.8. The summed E-state index contributed by atoms with van der Waals surface area (Å²) < 4.78 is 94.3. The summed E-state index contributed by atoms with van der Waals surface area (Å²) in [4.78, 5) is -1.12. The summed E-state index contributed by atoms with van der Waals surface area (Å²) in [5.41, 5.74) is 0.0724. The first-order chi connectivity index (χ1) is 16.4. The highest BCUT2D eigenvalue weighted by molar-refractivity contribution is 7.90. The van der Waals surface area contributed by atoms with Crippen LogP contribution >= 0.6 is 12.2 Å². The lowest BCUT2D eigenvalue weighted by molar-refractivity contribution is 0.480. The number of benzene rings is 2. The Hall–Kier alpha value is -2.60. The second kappa shape index (κ2) is 11.2. The lowest BCUT2D eigenvalue weighted by Crippen LogP contribution is -2.33. The van der Waals surface area contributed by atoms with Crippen LogP contribution in [0.25, 0.3) is 12.2 Å². The maximum atomic E-state index is 12.0. The van der Waals surface area contributed by atoms with E-state index in [2.05, 4.69) is 15.4 Å². The summed E-state index contributed by atoms with van der Waals surface area (Å²) in [5.74, 6) is 0.